The Morgan fingerprint density at radius 3 is 2.82 bits per heavy atom. The molecule has 0 N–H and O–H groups in total. The Balaban J connectivity index is 2.13. The first kappa shape index (κ1) is 16.8. The standard InChI is InChI=1S/C16H27N3O3/c1-4-8-19-12-14(15(17-19)16(20)22-5-2)18(3)11-13-6-9-21-10-7-13/h12-13H,4-11H2,1-3H3. The fraction of sp³-hybridized carbons (Fsp3) is 0.750. The summed E-state index contributed by atoms with van der Waals surface area (Å²) >= 11 is 0. The van der Waals surface area contributed by atoms with Gasteiger partial charge in [0.15, 0.2) is 5.69 Å². The number of aromatic nitrogens is 2. The molecule has 2 heterocycles. The van der Waals surface area contributed by atoms with Gasteiger partial charge in [0.2, 0.25) is 0 Å². The molecular weight excluding hydrogens is 282 g/mol. The van der Waals surface area contributed by atoms with Gasteiger partial charge in [-0.3, -0.25) is 4.68 Å². The topological polar surface area (TPSA) is 56.6 Å². The maximum absolute atomic E-state index is 12.1. The average molecular weight is 309 g/mol. The molecule has 1 aromatic heterocycles. The van der Waals surface area contributed by atoms with Crippen molar-refractivity contribution in [2.75, 3.05) is 38.3 Å². The molecule has 0 amide bonds. The molecule has 2 rings (SSSR count). The van der Waals surface area contributed by atoms with Crippen LogP contribution in [-0.4, -0.2) is 49.2 Å². The van der Waals surface area contributed by atoms with Crippen molar-refractivity contribution in [3.8, 4) is 0 Å². The molecule has 6 heteroatoms. The zero-order chi connectivity index (χ0) is 15.9. The molecular formula is C16H27N3O3. The molecule has 0 spiro atoms. The Kier molecular flexibility index (Phi) is 6.24. The first-order valence-corrected chi connectivity index (χ1v) is 8.19. The predicted octanol–water partition coefficient (Wildman–Crippen LogP) is 2.33. The summed E-state index contributed by atoms with van der Waals surface area (Å²) < 4.78 is 12.4. The van der Waals surface area contributed by atoms with E-state index in [1.807, 2.05) is 24.9 Å². The summed E-state index contributed by atoms with van der Waals surface area (Å²) in [7, 11) is 2.02. The number of hydrogen-bond acceptors (Lipinski definition) is 5. The number of hydrogen-bond donors (Lipinski definition) is 0. The number of carbonyl (C=O) groups is 1. The van der Waals surface area contributed by atoms with Gasteiger partial charge in [0, 0.05) is 39.5 Å². The second kappa shape index (κ2) is 8.17. The van der Waals surface area contributed by atoms with Crippen molar-refractivity contribution in [2.24, 2.45) is 5.92 Å². The lowest BCUT2D eigenvalue weighted by Gasteiger charge is -2.28. The van der Waals surface area contributed by atoms with Gasteiger partial charge in [-0.1, -0.05) is 6.92 Å². The minimum atomic E-state index is -0.341. The quantitative estimate of drug-likeness (QED) is 0.724. The number of carbonyl (C=O) groups excluding carboxylic acids is 1. The predicted molar refractivity (Wildman–Crippen MR) is 85.3 cm³/mol. The SMILES string of the molecule is CCCn1cc(N(C)CC2CCOCC2)c(C(=O)OCC)n1. The van der Waals surface area contributed by atoms with E-state index in [1.165, 1.54) is 0 Å². The van der Waals surface area contributed by atoms with Crippen molar-refractivity contribution in [1.29, 1.82) is 0 Å². The van der Waals surface area contributed by atoms with Crippen LogP contribution in [0.5, 0.6) is 0 Å². The molecule has 1 aliphatic rings. The van der Waals surface area contributed by atoms with Gasteiger partial charge in [0.1, 0.15) is 0 Å². The number of nitrogens with zero attached hydrogens (tertiary/aromatic N) is 3. The van der Waals surface area contributed by atoms with E-state index in [4.69, 9.17) is 9.47 Å². The van der Waals surface area contributed by atoms with Crippen molar-refractivity contribution >= 4 is 11.7 Å². The molecule has 1 saturated heterocycles. The van der Waals surface area contributed by atoms with Crippen LogP contribution in [0.15, 0.2) is 6.20 Å². The molecule has 1 aromatic rings. The van der Waals surface area contributed by atoms with Crippen molar-refractivity contribution in [3.05, 3.63) is 11.9 Å². The van der Waals surface area contributed by atoms with Gasteiger partial charge < -0.3 is 14.4 Å². The molecule has 1 fully saturated rings. The van der Waals surface area contributed by atoms with E-state index < -0.39 is 0 Å². The Bertz CT molecular complexity index is 481. The maximum Gasteiger partial charge on any atom is 0.361 e. The first-order chi connectivity index (χ1) is 10.7. The number of aryl methyl sites for hydroxylation is 1. The third kappa shape index (κ3) is 4.22. The largest absolute Gasteiger partial charge is 0.461 e. The smallest absolute Gasteiger partial charge is 0.361 e. The highest BCUT2D eigenvalue weighted by Crippen LogP contribution is 2.23. The maximum atomic E-state index is 12.1. The molecule has 0 saturated carbocycles. The lowest BCUT2D eigenvalue weighted by Crippen LogP contribution is -2.30. The van der Waals surface area contributed by atoms with Gasteiger partial charge in [0.25, 0.3) is 0 Å². The van der Waals surface area contributed by atoms with Crippen molar-refractivity contribution in [3.63, 3.8) is 0 Å². The van der Waals surface area contributed by atoms with Crippen LogP contribution in [0.25, 0.3) is 0 Å². The zero-order valence-corrected chi connectivity index (χ0v) is 13.9. The van der Waals surface area contributed by atoms with E-state index in [0.29, 0.717) is 18.2 Å². The first-order valence-electron chi connectivity index (χ1n) is 8.19. The molecule has 0 aliphatic carbocycles. The van der Waals surface area contributed by atoms with Crippen LogP contribution in [0.2, 0.25) is 0 Å². The highest BCUT2D eigenvalue weighted by molar-refractivity contribution is 5.93. The van der Waals surface area contributed by atoms with Gasteiger partial charge in [0.05, 0.1) is 12.3 Å². The van der Waals surface area contributed by atoms with E-state index in [2.05, 4.69) is 16.9 Å². The minimum absolute atomic E-state index is 0.341. The van der Waals surface area contributed by atoms with Gasteiger partial charge >= 0.3 is 5.97 Å². The van der Waals surface area contributed by atoms with Crippen LogP contribution in [0.1, 0.15) is 43.6 Å². The van der Waals surface area contributed by atoms with E-state index in [1.54, 1.807) is 0 Å². The molecule has 1 aliphatic heterocycles. The Labute approximate surface area is 132 Å². The lowest BCUT2D eigenvalue weighted by molar-refractivity contribution is 0.0518. The summed E-state index contributed by atoms with van der Waals surface area (Å²) in [5, 5.41) is 4.41. The number of rotatable bonds is 7. The van der Waals surface area contributed by atoms with Crippen LogP contribution in [0, 0.1) is 5.92 Å². The molecule has 0 radical (unpaired) electrons. The third-order valence-corrected chi connectivity index (χ3v) is 3.95. The summed E-state index contributed by atoms with van der Waals surface area (Å²) in [5.74, 6) is 0.259. The normalized spacial score (nSPS) is 15.8. The Morgan fingerprint density at radius 1 is 1.45 bits per heavy atom. The molecule has 0 aromatic carbocycles. The number of esters is 1. The van der Waals surface area contributed by atoms with Crippen molar-refractivity contribution in [2.45, 2.75) is 39.7 Å². The second-order valence-corrected chi connectivity index (χ2v) is 5.78. The summed E-state index contributed by atoms with van der Waals surface area (Å²) in [6.07, 6.45) is 5.08. The van der Waals surface area contributed by atoms with Crippen LogP contribution in [0.3, 0.4) is 0 Å². The zero-order valence-electron chi connectivity index (χ0n) is 13.9. The van der Waals surface area contributed by atoms with Gasteiger partial charge in [-0.15, -0.1) is 0 Å². The summed E-state index contributed by atoms with van der Waals surface area (Å²) in [5.41, 5.74) is 1.28. The molecule has 0 atom stereocenters. The van der Waals surface area contributed by atoms with Crippen LogP contribution in [0.4, 0.5) is 5.69 Å². The van der Waals surface area contributed by atoms with E-state index >= 15 is 0 Å². The molecule has 0 unspecified atom stereocenters. The lowest BCUT2D eigenvalue weighted by atomic mass is 10.00. The third-order valence-electron chi connectivity index (χ3n) is 3.95. The van der Waals surface area contributed by atoms with Gasteiger partial charge in [-0.25, -0.2) is 4.79 Å². The summed E-state index contributed by atoms with van der Waals surface area (Å²) in [4.78, 5) is 14.3. The van der Waals surface area contributed by atoms with E-state index in [9.17, 15) is 4.79 Å². The highest BCUT2D eigenvalue weighted by atomic mass is 16.5. The Hall–Kier alpha value is -1.56. The van der Waals surface area contributed by atoms with Gasteiger partial charge in [-0.05, 0) is 32.1 Å². The molecule has 124 valence electrons. The van der Waals surface area contributed by atoms with Crippen LogP contribution < -0.4 is 4.90 Å². The molecule has 0 bridgehead atoms. The highest BCUT2D eigenvalue weighted by Gasteiger charge is 2.23. The number of anilines is 1. The second-order valence-electron chi connectivity index (χ2n) is 5.78. The van der Waals surface area contributed by atoms with Crippen LogP contribution in [-0.2, 0) is 16.0 Å². The van der Waals surface area contributed by atoms with Crippen LogP contribution >= 0.6 is 0 Å². The molecule has 6 nitrogen and oxygen atoms in total. The van der Waals surface area contributed by atoms with E-state index in [0.717, 1.165) is 51.3 Å². The summed E-state index contributed by atoms with van der Waals surface area (Å²) in [6.45, 7) is 7.65. The fourth-order valence-corrected chi connectivity index (χ4v) is 2.79. The van der Waals surface area contributed by atoms with Crippen molar-refractivity contribution in [1.82, 2.24) is 9.78 Å². The minimum Gasteiger partial charge on any atom is -0.461 e. The number of ether oxygens (including phenoxy) is 2. The van der Waals surface area contributed by atoms with E-state index in [-0.39, 0.29) is 5.97 Å². The monoisotopic (exact) mass is 309 g/mol. The summed E-state index contributed by atoms with van der Waals surface area (Å²) in [6, 6.07) is 0. The van der Waals surface area contributed by atoms with Gasteiger partial charge in [-0.2, -0.15) is 5.10 Å². The van der Waals surface area contributed by atoms with Crippen molar-refractivity contribution < 1.29 is 14.3 Å². The average Bonchev–Trinajstić information content (AvgIpc) is 2.93. The molecule has 22 heavy (non-hydrogen) atoms. The Morgan fingerprint density at radius 2 is 2.18 bits per heavy atom. The fourth-order valence-electron chi connectivity index (χ4n) is 2.79.